The second-order valence-corrected chi connectivity index (χ2v) is 4.10. The van der Waals surface area contributed by atoms with Gasteiger partial charge in [-0.05, 0) is 17.7 Å². The van der Waals surface area contributed by atoms with Gasteiger partial charge in [-0.1, -0.05) is 12.1 Å². The minimum Gasteiger partial charge on any atom is -0.467 e. The number of pyridine rings is 1. The van der Waals surface area contributed by atoms with Crippen molar-refractivity contribution in [3.05, 3.63) is 41.8 Å². The molecule has 0 aliphatic heterocycles. The first-order valence-corrected chi connectivity index (χ1v) is 5.59. The van der Waals surface area contributed by atoms with E-state index in [1.54, 1.807) is 0 Å². The highest BCUT2D eigenvalue weighted by atomic mass is 19.4. The predicted molar refractivity (Wildman–Crippen MR) is 62.5 cm³/mol. The fraction of sp³-hybridized carbons (Fsp3) is 0.231. The molecule has 0 amide bonds. The quantitative estimate of drug-likeness (QED) is 0.640. The monoisotopic (exact) mass is 287 g/mol. The molecule has 0 radical (unpaired) electrons. The SMILES string of the molecule is O=COCC(c1cnc2c(F)cccc2c1)C(F)(F)F. The zero-order valence-electron chi connectivity index (χ0n) is 10.0. The Morgan fingerprint density at radius 2 is 2.10 bits per heavy atom. The van der Waals surface area contributed by atoms with Crippen LogP contribution < -0.4 is 0 Å². The molecule has 0 spiro atoms. The molecule has 1 unspecified atom stereocenters. The molecule has 1 aromatic heterocycles. The lowest BCUT2D eigenvalue weighted by Crippen LogP contribution is -2.25. The van der Waals surface area contributed by atoms with Gasteiger partial charge in [0, 0.05) is 11.6 Å². The van der Waals surface area contributed by atoms with Crippen LogP contribution in [0.3, 0.4) is 0 Å². The average Bonchev–Trinajstić information content (AvgIpc) is 2.38. The maximum absolute atomic E-state index is 13.4. The maximum Gasteiger partial charge on any atom is 0.399 e. The van der Waals surface area contributed by atoms with Crippen LogP contribution in [0.15, 0.2) is 30.5 Å². The fourth-order valence-corrected chi connectivity index (χ4v) is 1.85. The molecular weight excluding hydrogens is 278 g/mol. The lowest BCUT2D eigenvalue weighted by Gasteiger charge is -2.19. The number of rotatable bonds is 4. The Balaban J connectivity index is 2.45. The number of aromatic nitrogens is 1. The number of hydrogen-bond acceptors (Lipinski definition) is 3. The Morgan fingerprint density at radius 3 is 2.75 bits per heavy atom. The molecule has 1 heterocycles. The third-order valence-corrected chi connectivity index (χ3v) is 2.81. The summed E-state index contributed by atoms with van der Waals surface area (Å²) in [6, 6.07) is 5.21. The van der Waals surface area contributed by atoms with Gasteiger partial charge in [-0.15, -0.1) is 0 Å². The maximum atomic E-state index is 13.4. The molecule has 1 aromatic carbocycles. The van der Waals surface area contributed by atoms with Crippen molar-refractivity contribution in [3.8, 4) is 0 Å². The molecular formula is C13H9F4NO2. The molecule has 7 heteroatoms. The Bertz CT molecular complexity index is 627. The molecule has 0 bridgehead atoms. The second-order valence-electron chi connectivity index (χ2n) is 4.10. The Hall–Kier alpha value is -2.18. The van der Waals surface area contributed by atoms with E-state index >= 15 is 0 Å². The largest absolute Gasteiger partial charge is 0.467 e. The molecule has 2 rings (SSSR count). The number of carbonyl (C=O) groups is 1. The fourth-order valence-electron chi connectivity index (χ4n) is 1.85. The lowest BCUT2D eigenvalue weighted by atomic mass is 9.99. The number of benzene rings is 1. The topological polar surface area (TPSA) is 39.2 Å². The lowest BCUT2D eigenvalue weighted by molar-refractivity contribution is -0.164. The average molecular weight is 287 g/mol. The Morgan fingerprint density at radius 1 is 1.35 bits per heavy atom. The Kier molecular flexibility index (Phi) is 3.87. The third kappa shape index (κ3) is 2.87. The summed E-state index contributed by atoms with van der Waals surface area (Å²) in [6.07, 6.45) is -3.65. The number of alkyl halides is 3. The van der Waals surface area contributed by atoms with E-state index in [1.807, 2.05) is 0 Å². The molecule has 3 nitrogen and oxygen atoms in total. The van der Waals surface area contributed by atoms with E-state index in [9.17, 15) is 22.4 Å². The first kappa shape index (κ1) is 14.2. The van der Waals surface area contributed by atoms with Crippen LogP contribution in [-0.4, -0.2) is 24.2 Å². The van der Waals surface area contributed by atoms with E-state index in [2.05, 4.69) is 9.72 Å². The van der Waals surface area contributed by atoms with E-state index in [1.165, 1.54) is 24.3 Å². The zero-order chi connectivity index (χ0) is 14.8. The van der Waals surface area contributed by atoms with Crippen molar-refractivity contribution in [3.63, 3.8) is 0 Å². The van der Waals surface area contributed by atoms with E-state index in [4.69, 9.17) is 0 Å². The number of ether oxygens (including phenoxy) is 1. The molecule has 20 heavy (non-hydrogen) atoms. The first-order chi connectivity index (χ1) is 9.43. The minimum atomic E-state index is -4.59. The molecule has 1 atom stereocenters. The van der Waals surface area contributed by atoms with Crippen molar-refractivity contribution in [1.82, 2.24) is 4.98 Å². The zero-order valence-corrected chi connectivity index (χ0v) is 10.0. The summed E-state index contributed by atoms with van der Waals surface area (Å²) in [5, 5.41) is 0.253. The van der Waals surface area contributed by atoms with Gasteiger partial charge in [0.1, 0.15) is 23.9 Å². The van der Waals surface area contributed by atoms with Crippen molar-refractivity contribution in [1.29, 1.82) is 0 Å². The van der Waals surface area contributed by atoms with Crippen molar-refractivity contribution >= 4 is 17.4 Å². The smallest absolute Gasteiger partial charge is 0.399 e. The van der Waals surface area contributed by atoms with Crippen LogP contribution in [0.25, 0.3) is 10.9 Å². The van der Waals surface area contributed by atoms with Crippen molar-refractivity contribution in [2.45, 2.75) is 12.1 Å². The van der Waals surface area contributed by atoms with Gasteiger partial charge in [-0.25, -0.2) is 4.39 Å². The first-order valence-electron chi connectivity index (χ1n) is 5.59. The van der Waals surface area contributed by atoms with Gasteiger partial charge in [0.05, 0.1) is 0 Å². The highest BCUT2D eigenvalue weighted by Gasteiger charge is 2.41. The summed E-state index contributed by atoms with van der Waals surface area (Å²) in [5.74, 6) is -2.60. The summed E-state index contributed by atoms with van der Waals surface area (Å²) in [5.41, 5.74) is -0.189. The van der Waals surface area contributed by atoms with Crippen molar-refractivity contribution < 1.29 is 27.1 Å². The van der Waals surface area contributed by atoms with Gasteiger partial charge in [0.15, 0.2) is 0 Å². The van der Waals surface area contributed by atoms with Crippen LogP contribution in [0.5, 0.6) is 0 Å². The standard InChI is InChI=1S/C13H9F4NO2/c14-11-3-1-2-8-4-9(5-18-12(8)11)10(6-20-7-19)13(15,16)17/h1-5,7,10H,6H2. The number of nitrogens with zero attached hydrogens (tertiary/aromatic N) is 1. The molecule has 0 aliphatic carbocycles. The second kappa shape index (κ2) is 5.44. The number of hydrogen-bond donors (Lipinski definition) is 0. The molecule has 106 valence electrons. The van der Waals surface area contributed by atoms with E-state index in [0.717, 1.165) is 6.20 Å². The van der Waals surface area contributed by atoms with Crippen molar-refractivity contribution in [2.24, 2.45) is 0 Å². The normalized spacial score (nSPS) is 13.2. The highest BCUT2D eigenvalue weighted by Crippen LogP contribution is 2.35. The van der Waals surface area contributed by atoms with E-state index in [0.29, 0.717) is 0 Å². The highest BCUT2D eigenvalue weighted by molar-refractivity contribution is 5.79. The van der Waals surface area contributed by atoms with Crippen LogP contribution >= 0.6 is 0 Å². The van der Waals surface area contributed by atoms with Crippen LogP contribution in [0, 0.1) is 5.82 Å². The van der Waals surface area contributed by atoms with Gasteiger partial charge in [0.25, 0.3) is 6.47 Å². The molecule has 0 N–H and O–H groups in total. The summed E-state index contributed by atoms with van der Waals surface area (Å²) < 4.78 is 56.3. The summed E-state index contributed by atoms with van der Waals surface area (Å²) in [6.45, 7) is -0.887. The molecule has 0 saturated heterocycles. The van der Waals surface area contributed by atoms with Gasteiger partial charge >= 0.3 is 6.18 Å². The number of carbonyl (C=O) groups excluding carboxylic acids is 1. The number of fused-ring (bicyclic) bond motifs is 1. The van der Waals surface area contributed by atoms with Gasteiger partial charge < -0.3 is 4.74 Å². The van der Waals surface area contributed by atoms with Crippen LogP contribution in [0.2, 0.25) is 0 Å². The summed E-state index contributed by atoms with van der Waals surface area (Å²) in [4.78, 5) is 13.8. The predicted octanol–water partition coefficient (Wildman–Crippen LogP) is 3.19. The van der Waals surface area contributed by atoms with Crippen LogP contribution in [0.4, 0.5) is 17.6 Å². The van der Waals surface area contributed by atoms with E-state index in [-0.39, 0.29) is 22.9 Å². The number of halogens is 4. The molecule has 0 fully saturated rings. The molecule has 2 aromatic rings. The van der Waals surface area contributed by atoms with Gasteiger partial charge in [-0.2, -0.15) is 13.2 Å². The van der Waals surface area contributed by atoms with Crippen LogP contribution in [0.1, 0.15) is 11.5 Å². The molecule has 0 aliphatic rings. The van der Waals surface area contributed by atoms with Gasteiger partial charge in [-0.3, -0.25) is 9.78 Å². The number of para-hydroxylation sites is 1. The minimum absolute atomic E-state index is 0.00604. The Labute approximate surface area is 111 Å². The van der Waals surface area contributed by atoms with Crippen molar-refractivity contribution in [2.75, 3.05) is 6.61 Å². The summed E-state index contributed by atoms with van der Waals surface area (Å²) in [7, 11) is 0. The van der Waals surface area contributed by atoms with Gasteiger partial charge in [0.2, 0.25) is 0 Å². The van der Waals surface area contributed by atoms with Crippen LogP contribution in [-0.2, 0) is 9.53 Å². The molecule has 0 saturated carbocycles. The van der Waals surface area contributed by atoms with E-state index < -0.39 is 24.5 Å². The summed E-state index contributed by atoms with van der Waals surface area (Å²) >= 11 is 0. The third-order valence-electron chi connectivity index (χ3n) is 2.81.